The Morgan fingerprint density at radius 3 is 2.48 bits per heavy atom. The Kier molecular flexibility index (Phi) is 9.23. The average Bonchev–Trinajstić information content (AvgIpc) is 3.39. The van der Waals surface area contributed by atoms with Gasteiger partial charge in [-0.05, 0) is 60.9 Å². The lowest BCUT2D eigenvalue weighted by Gasteiger charge is -2.25. The van der Waals surface area contributed by atoms with Crippen LogP contribution in [-0.2, 0) is 14.8 Å². The Balaban J connectivity index is 1.90. The summed E-state index contributed by atoms with van der Waals surface area (Å²) in [5, 5.41) is 14.3. The van der Waals surface area contributed by atoms with Crippen molar-refractivity contribution in [1.82, 2.24) is 14.8 Å². The topological polar surface area (TPSA) is 97.5 Å². The van der Waals surface area contributed by atoms with Gasteiger partial charge >= 0.3 is 0 Å². The fourth-order valence-electron chi connectivity index (χ4n) is 4.49. The molecule has 2 heterocycles. The van der Waals surface area contributed by atoms with E-state index in [1.807, 2.05) is 6.92 Å². The Labute approximate surface area is 230 Å². The number of pyridine rings is 1. The lowest BCUT2D eigenvalue weighted by molar-refractivity contribution is 0.209. The minimum absolute atomic E-state index is 0.0154. The molecule has 4 rings (SSSR count). The summed E-state index contributed by atoms with van der Waals surface area (Å²) in [6, 6.07) is 9.44. The van der Waals surface area contributed by atoms with Gasteiger partial charge in [0.2, 0.25) is 0 Å². The van der Waals surface area contributed by atoms with Crippen molar-refractivity contribution in [3.8, 4) is 22.4 Å². The number of aliphatic hydroxyl groups is 1. The minimum atomic E-state index is -4.78. The number of anilines is 1. The highest BCUT2D eigenvalue weighted by molar-refractivity contribution is 7.92. The summed E-state index contributed by atoms with van der Waals surface area (Å²) >= 11 is 0. The van der Waals surface area contributed by atoms with Crippen LogP contribution >= 0.6 is 0 Å². The number of ether oxygens (including phenoxy) is 1. The highest BCUT2D eigenvalue weighted by Gasteiger charge is 2.32. The predicted molar refractivity (Wildman–Crippen MR) is 144 cm³/mol. The van der Waals surface area contributed by atoms with Crippen LogP contribution in [0.25, 0.3) is 22.4 Å². The van der Waals surface area contributed by atoms with E-state index in [-0.39, 0.29) is 23.9 Å². The molecule has 0 aliphatic heterocycles. The molecule has 40 heavy (non-hydrogen) atoms. The Bertz CT molecular complexity index is 1560. The van der Waals surface area contributed by atoms with Crippen LogP contribution in [-0.4, -0.2) is 48.7 Å². The number of halogens is 3. The second-order valence-corrected chi connectivity index (χ2v) is 10.9. The molecule has 4 aromatic rings. The summed E-state index contributed by atoms with van der Waals surface area (Å²) in [4.78, 5) is 3.08. The number of methoxy groups -OCH3 is 1. The van der Waals surface area contributed by atoms with E-state index in [2.05, 4.69) is 10.1 Å². The van der Waals surface area contributed by atoms with Gasteiger partial charge in [0.05, 0.1) is 11.7 Å². The first-order valence-electron chi connectivity index (χ1n) is 12.6. The van der Waals surface area contributed by atoms with Crippen molar-refractivity contribution in [2.24, 2.45) is 0 Å². The first-order chi connectivity index (χ1) is 19.2. The molecule has 0 bridgehead atoms. The third-order valence-corrected chi connectivity index (χ3v) is 8.14. The minimum Gasteiger partial charge on any atom is -0.396 e. The number of hydrogen-bond acceptors (Lipinski definition) is 6. The maximum atomic E-state index is 16.3. The van der Waals surface area contributed by atoms with Crippen LogP contribution in [0.15, 0.2) is 72.0 Å². The van der Waals surface area contributed by atoms with E-state index in [1.54, 1.807) is 35.4 Å². The van der Waals surface area contributed by atoms with E-state index in [4.69, 9.17) is 4.74 Å². The van der Waals surface area contributed by atoms with Crippen LogP contribution in [0.2, 0.25) is 0 Å². The largest absolute Gasteiger partial charge is 0.396 e. The molecule has 2 aromatic heterocycles. The fourth-order valence-corrected chi connectivity index (χ4v) is 5.94. The zero-order chi connectivity index (χ0) is 28.9. The van der Waals surface area contributed by atoms with Gasteiger partial charge in [-0.25, -0.2) is 25.9 Å². The van der Waals surface area contributed by atoms with Crippen molar-refractivity contribution in [1.29, 1.82) is 0 Å². The maximum Gasteiger partial charge on any atom is 0.269 e. The van der Waals surface area contributed by atoms with Gasteiger partial charge in [-0.15, -0.1) is 0 Å². The van der Waals surface area contributed by atoms with E-state index >= 15 is 4.39 Å². The SMILES string of the molecule is CCCC(CCO)n1cc(-c2ccncc2)c(-c2cccc(N(COC)S(=O)(=O)c3cc(F)ccc3F)c2F)n1. The average molecular weight is 575 g/mol. The van der Waals surface area contributed by atoms with Crippen LogP contribution in [0.5, 0.6) is 0 Å². The van der Waals surface area contributed by atoms with Crippen molar-refractivity contribution in [3.05, 3.63) is 84.6 Å². The van der Waals surface area contributed by atoms with Crippen LogP contribution in [0, 0.1) is 17.5 Å². The van der Waals surface area contributed by atoms with Crippen molar-refractivity contribution in [2.45, 2.75) is 37.1 Å². The molecule has 212 valence electrons. The van der Waals surface area contributed by atoms with Gasteiger partial charge in [0.15, 0.2) is 5.82 Å². The molecule has 0 saturated carbocycles. The molecule has 0 fully saturated rings. The molecule has 1 unspecified atom stereocenters. The summed E-state index contributed by atoms with van der Waals surface area (Å²) in [6.07, 6.45) is 6.92. The lowest BCUT2D eigenvalue weighted by atomic mass is 10.0. The van der Waals surface area contributed by atoms with Gasteiger partial charge in [-0.2, -0.15) is 5.10 Å². The quantitative estimate of drug-likeness (QED) is 0.223. The van der Waals surface area contributed by atoms with E-state index in [0.717, 1.165) is 18.9 Å². The highest BCUT2D eigenvalue weighted by Crippen LogP contribution is 2.38. The molecule has 0 amide bonds. The molecular weight excluding hydrogens is 545 g/mol. The first kappa shape index (κ1) is 29.2. The number of sulfonamides is 1. The highest BCUT2D eigenvalue weighted by atomic mass is 32.2. The molecule has 0 radical (unpaired) electrons. The van der Waals surface area contributed by atoms with Crippen molar-refractivity contribution in [2.75, 3.05) is 24.8 Å². The fraction of sp³-hybridized carbons (Fsp3) is 0.286. The molecule has 1 N–H and O–H groups in total. The summed E-state index contributed by atoms with van der Waals surface area (Å²) in [5.41, 5.74) is 1.05. The first-order valence-corrected chi connectivity index (χ1v) is 14.0. The zero-order valence-corrected chi connectivity index (χ0v) is 22.8. The monoisotopic (exact) mass is 574 g/mol. The number of benzene rings is 2. The third-order valence-electron chi connectivity index (χ3n) is 6.39. The molecule has 12 heteroatoms. The molecule has 1 atom stereocenters. The van der Waals surface area contributed by atoms with E-state index in [1.165, 1.54) is 25.3 Å². The maximum absolute atomic E-state index is 16.3. The second kappa shape index (κ2) is 12.6. The van der Waals surface area contributed by atoms with Gasteiger partial charge in [-0.3, -0.25) is 9.67 Å². The molecule has 0 aliphatic carbocycles. The Morgan fingerprint density at radius 2 is 1.80 bits per heavy atom. The van der Waals surface area contributed by atoms with Gasteiger partial charge in [0.1, 0.15) is 29.0 Å². The van der Waals surface area contributed by atoms with E-state index < -0.39 is 44.8 Å². The number of rotatable bonds is 12. The molecule has 0 spiro atoms. The molecular formula is C28H29F3N4O4S. The number of aromatic nitrogens is 3. The second-order valence-electron chi connectivity index (χ2n) is 9.05. The van der Waals surface area contributed by atoms with E-state index in [0.29, 0.717) is 34.0 Å². The standard InChI is InChI=1S/C28H29F3N4O4S/c1-3-5-21(12-15-36)34-17-23(19-10-13-32-14-11-19)28(33-34)22-6-4-7-25(27(22)31)35(18-39-2)40(37,38)26-16-20(29)8-9-24(26)30/h4,6-11,13-14,16-17,21,36H,3,5,12,15,18H2,1-2H3. The predicted octanol–water partition coefficient (Wildman–Crippen LogP) is 5.55. The molecule has 0 aliphatic rings. The zero-order valence-electron chi connectivity index (χ0n) is 22.0. The van der Waals surface area contributed by atoms with Crippen LogP contribution in [0.4, 0.5) is 18.9 Å². The van der Waals surface area contributed by atoms with E-state index in [9.17, 15) is 22.3 Å². The third kappa shape index (κ3) is 5.88. The normalized spacial score (nSPS) is 12.4. The van der Waals surface area contributed by atoms with Crippen molar-refractivity contribution >= 4 is 15.7 Å². The van der Waals surface area contributed by atoms with Crippen LogP contribution < -0.4 is 4.31 Å². The number of hydrogen-bond donors (Lipinski definition) is 1. The number of nitrogens with zero attached hydrogens (tertiary/aromatic N) is 4. The van der Waals surface area contributed by atoms with Gasteiger partial charge < -0.3 is 9.84 Å². The summed E-state index contributed by atoms with van der Waals surface area (Å²) < 4.78 is 78.9. The number of aliphatic hydroxyl groups excluding tert-OH is 1. The van der Waals surface area contributed by atoms with Gasteiger partial charge in [-0.1, -0.05) is 19.4 Å². The van der Waals surface area contributed by atoms with Crippen LogP contribution in [0.3, 0.4) is 0 Å². The summed E-state index contributed by atoms with van der Waals surface area (Å²) in [5.74, 6) is -3.11. The van der Waals surface area contributed by atoms with Gasteiger partial charge in [0, 0.05) is 43.4 Å². The Morgan fingerprint density at radius 1 is 1.05 bits per heavy atom. The van der Waals surface area contributed by atoms with Crippen molar-refractivity contribution in [3.63, 3.8) is 0 Å². The molecule has 8 nitrogen and oxygen atoms in total. The summed E-state index contributed by atoms with van der Waals surface area (Å²) in [6.45, 7) is 1.28. The van der Waals surface area contributed by atoms with Gasteiger partial charge in [0.25, 0.3) is 10.0 Å². The smallest absolute Gasteiger partial charge is 0.269 e. The lowest BCUT2D eigenvalue weighted by Crippen LogP contribution is -2.34. The summed E-state index contributed by atoms with van der Waals surface area (Å²) in [7, 11) is -3.59. The van der Waals surface area contributed by atoms with Crippen molar-refractivity contribution < 1.29 is 31.4 Å². The Hall–Kier alpha value is -3.74. The molecule has 2 aromatic carbocycles. The van der Waals surface area contributed by atoms with Crippen LogP contribution in [0.1, 0.15) is 32.2 Å². The molecule has 0 saturated heterocycles.